The maximum absolute atomic E-state index is 13.3. The Morgan fingerprint density at radius 1 is 1.21 bits per heavy atom. The lowest BCUT2D eigenvalue weighted by Crippen LogP contribution is -2.23. The highest BCUT2D eigenvalue weighted by molar-refractivity contribution is 5.76. The van der Waals surface area contributed by atoms with Gasteiger partial charge in [0.2, 0.25) is 5.91 Å². The van der Waals surface area contributed by atoms with E-state index in [1.165, 1.54) is 6.07 Å². The molecule has 0 aliphatic heterocycles. The Balaban J connectivity index is 1.86. The molecule has 0 saturated carbocycles. The highest BCUT2D eigenvalue weighted by atomic mass is 19.1. The van der Waals surface area contributed by atoms with E-state index in [9.17, 15) is 9.18 Å². The van der Waals surface area contributed by atoms with Gasteiger partial charge in [0.15, 0.2) is 0 Å². The van der Waals surface area contributed by atoms with Crippen molar-refractivity contribution in [1.29, 1.82) is 0 Å². The van der Waals surface area contributed by atoms with E-state index >= 15 is 0 Å². The molecule has 2 aromatic rings. The Kier molecular flexibility index (Phi) is 6.75. The molecular weight excluding hydrogens is 309 g/mol. The van der Waals surface area contributed by atoms with E-state index in [2.05, 4.69) is 5.32 Å². The van der Waals surface area contributed by atoms with E-state index in [1.54, 1.807) is 12.1 Å². The molecule has 0 bridgehead atoms. The van der Waals surface area contributed by atoms with Gasteiger partial charge in [-0.05, 0) is 42.7 Å². The summed E-state index contributed by atoms with van der Waals surface area (Å²) in [6.45, 7) is 2.45. The zero-order valence-electron chi connectivity index (χ0n) is 13.7. The molecule has 5 heteroatoms. The number of hydrogen-bond acceptors (Lipinski definition) is 3. The number of ether oxygens (including phenoxy) is 1. The van der Waals surface area contributed by atoms with Crippen LogP contribution < -0.4 is 10.1 Å². The SMILES string of the molecule is CCOc1ccccc1CCC(=O)NCc1ccc(F)c(CO)c1. The van der Waals surface area contributed by atoms with Crippen molar-refractivity contribution in [3.8, 4) is 5.75 Å². The van der Waals surface area contributed by atoms with Gasteiger partial charge in [-0.1, -0.05) is 24.3 Å². The van der Waals surface area contributed by atoms with Crippen molar-refractivity contribution in [2.75, 3.05) is 6.61 Å². The van der Waals surface area contributed by atoms with Crippen molar-refractivity contribution in [2.45, 2.75) is 32.9 Å². The highest BCUT2D eigenvalue weighted by Crippen LogP contribution is 2.19. The lowest BCUT2D eigenvalue weighted by molar-refractivity contribution is -0.121. The number of nitrogens with one attached hydrogen (secondary N) is 1. The number of aliphatic hydroxyl groups excluding tert-OH is 1. The molecule has 0 aromatic heterocycles. The fraction of sp³-hybridized carbons (Fsp3) is 0.316. The van der Waals surface area contributed by atoms with Crippen LogP contribution in [0.1, 0.15) is 30.0 Å². The van der Waals surface area contributed by atoms with E-state index in [4.69, 9.17) is 9.84 Å². The third kappa shape index (κ3) is 5.06. The van der Waals surface area contributed by atoms with Crippen molar-refractivity contribution < 1.29 is 19.0 Å². The zero-order chi connectivity index (χ0) is 17.4. The van der Waals surface area contributed by atoms with Gasteiger partial charge in [0, 0.05) is 18.5 Å². The van der Waals surface area contributed by atoms with E-state index in [-0.39, 0.29) is 18.1 Å². The van der Waals surface area contributed by atoms with Gasteiger partial charge in [0.1, 0.15) is 11.6 Å². The number of amides is 1. The number of aliphatic hydroxyl groups is 1. The molecule has 0 saturated heterocycles. The van der Waals surface area contributed by atoms with Crippen LogP contribution in [-0.2, 0) is 24.4 Å². The van der Waals surface area contributed by atoms with Gasteiger partial charge in [0.25, 0.3) is 0 Å². The quantitative estimate of drug-likeness (QED) is 0.782. The van der Waals surface area contributed by atoms with Crippen LogP contribution in [0.3, 0.4) is 0 Å². The summed E-state index contributed by atoms with van der Waals surface area (Å²) in [4.78, 5) is 12.0. The summed E-state index contributed by atoms with van der Waals surface area (Å²) in [6.07, 6.45) is 0.936. The lowest BCUT2D eigenvalue weighted by Gasteiger charge is -2.10. The molecule has 0 fully saturated rings. The van der Waals surface area contributed by atoms with Crippen LogP contribution in [0.5, 0.6) is 5.75 Å². The van der Waals surface area contributed by atoms with Gasteiger partial charge in [-0.15, -0.1) is 0 Å². The summed E-state index contributed by atoms with van der Waals surface area (Å²) in [7, 11) is 0. The normalized spacial score (nSPS) is 10.5. The smallest absolute Gasteiger partial charge is 0.220 e. The molecule has 24 heavy (non-hydrogen) atoms. The Bertz CT molecular complexity index is 688. The van der Waals surface area contributed by atoms with Gasteiger partial charge < -0.3 is 15.2 Å². The minimum atomic E-state index is -0.444. The molecule has 0 aliphatic carbocycles. The molecule has 0 radical (unpaired) electrons. The van der Waals surface area contributed by atoms with Gasteiger partial charge in [-0.3, -0.25) is 4.79 Å². The van der Waals surface area contributed by atoms with Gasteiger partial charge in [-0.25, -0.2) is 4.39 Å². The first-order chi connectivity index (χ1) is 11.6. The number of carbonyl (C=O) groups excluding carboxylic acids is 1. The third-order valence-corrected chi connectivity index (χ3v) is 3.66. The number of para-hydroxylation sites is 1. The van der Waals surface area contributed by atoms with Crippen LogP contribution in [0.25, 0.3) is 0 Å². The minimum Gasteiger partial charge on any atom is -0.494 e. The molecule has 0 heterocycles. The van der Waals surface area contributed by atoms with E-state index in [0.717, 1.165) is 16.9 Å². The largest absolute Gasteiger partial charge is 0.494 e. The second-order valence-electron chi connectivity index (χ2n) is 5.40. The van der Waals surface area contributed by atoms with Crippen LogP contribution in [0, 0.1) is 5.82 Å². The van der Waals surface area contributed by atoms with Crippen LogP contribution in [-0.4, -0.2) is 17.6 Å². The number of benzene rings is 2. The first kappa shape index (κ1) is 17.9. The number of aryl methyl sites for hydroxylation is 1. The van der Waals surface area contributed by atoms with Gasteiger partial charge in [-0.2, -0.15) is 0 Å². The molecule has 128 valence electrons. The van der Waals surface area contributed by atoms with E-state index in [0.29, 0.717) is 26.0 Å². The number of carbonyl (C=O) groups is 1. The summed E-state index contributed by atoms with van der Waals surface area (Å²) in [5.74, 6) is 0.273. The lowest BCUT2D eigenvalue weighted by atomic mass is 10.1. The first-order valence-electron chi connectivity index (χ1n) is 7.99. The van der Waals surface area contributed by atoms with Crippen LogP contribution in [0.2, 0.25) is 0 Å². The maximum Gasteiger partial charge on any atom is 0.220 e. The fourth-order valence-corrected chi connectivity index (χ4v) is 2.40. The average Bonchev–Trinajstić information content (AvgIpc) is 2.60. The third-order valence-electron chi connectivity index (χ3n) is 3.66. The molecule has 2 N–H and O–H groups in total. The van der Waals surface area contributed by atoms with Crippen LogP contribution >= 0.6 is 0 Å². The Morgan fingerprint density at radius 2 is 2.00 bits per heavy atom. The van der Waals surface area contributed by atoms with Crippen LogP contribution in [0.15, 0.2) is 42.5 Å². The van der Waals surface area contributed by atoms with Crippen molar-refractivity contribution >= 4 is 5.91 Å². The monoisotopic (exact) mass is 331 g/mol. The summed E-state index contributed by atoms with van der Waals surface area (Å²) >= 11 is 0. The molecule has 1 amide bonds. The molecule has 2 aromatic carbocycles. The molecule has 0 atom stereocenters. The summed E-state index contributed by atoms with van der Waals surface area (Å²) in [5.41, 5.74) is 1.98. The standard InChI is InChI=1S/C19H22FNO3/c1-2-24-18-6-4-3-5-15(18)8-10-19(23)21-12-14-7-9-17(20)16(11-14)13-22/h3-7,9,11,22H,2,8,10,12-13H2,1H3,(H,21,23). The number of halogens is 1. The molecule has 4 nitrogen and oxygen atoms in total. The second-order valence-corrected chi connectivity index (χ2v) is 5.40. The predicted octanol–water partition coefficient (Wildman–Crippen LogP) is 2.97. The maximum atomic E-state index is 13.3. The van der Waals surface area contributed by atoms with Crippen LogP contribution in [0.4, 0.5) is 4.39 Å². The molecule has 2 rings (SSSR count). The minimum absolute atomic E-state index is 0.0869. The fourth-order valence-electron chi connectivity index (χ4n) is 2.40. The zero-order valence-corrected chi connectivity index (χ0v) is 13.7. The summed E-state index contributed by atoms with van der Waals surface area (Å²) in [5, 5.41) is 11.9. The van der Waals surface area contributed by atoms with Gasteiger partial charge >= 0.3 is 0 Å². The second kappa shape index (κ2) is 9.03. The Morgan fingerprint density at radius 3 is 2.75 bits per heavy atom. The van der Waals surface area contributed by atoms with E-state index < -0.39 is 5.82 Å². The van der Waals surface area contributed by atoms with Crippen molar-refractivity contribution in [2.24, 2.45) is 0 Å². The number of hydrogen-bond donors (Lipinski definition) is 2. The predicted molar refractivity (Wildman–Crippen MR) is 90.1 cm³/mol. The van der Waals surface area contributed by atoms with Gasteiger partial charge in [0.05, 0.1) is 13.2 Å². The molecule has 0 aliphatic rings. The average molecular weight is 331 g/mol. The van der Waals surface area contributed by atoms with E-state index in [1.807, 2.05) is 31.2 Å². The summed E-state index contributed by atoms with van der Waals surface area (Å²) < 4.78 is 18.9. The highest BCUT2D eigenvalue weighted by Gasteiger charge is 2.08. The number of rotatable bonds is 8. The molecule has 0 unspecified atom stereocenters. The Hall–Kier alpha value is -2.40. The van der Waals surface area contributed by atoms with Crippen molar-refractivity contribution in [3.63, 3.8) is 0 Å². The molecular formula is C19H22FNO3. The first-order valence-corrected chi connectivity index (χ1v) is 7.99. The van der Waals surface area contributed by atoms with Crippen molar-refractivity contribution in [3.05, 3.63) is 65.0 Å². The molecule has 0 spiro atoms. The summed E-state index contributed by atoms with van der Waals surface area (Å²) in [6, 6.07) is 12.1. The Labute approximate surface area is 141 Å². The van der Waals surface area contributed by atoms with Crippen molar-refractivity contribution in [1.82, 2.24) is 5.32 Å². The topological polar surface area (TPSA) is 58.6 Å².